The predicted octanol–water partition coefficient (Wildman–Crippen LogP) is 2.39. The van der Waals surface area contributed by atoms with E-state index in [4.69, 9.17) is 0 Å². The standard InChI is InChI=1S/C15H20N2O2/c16-10-15(7-3-1-2-4-8-15)17-13(18)11-5-6-12(9-11)14(17)19/h11-12H,1-9H2. The minimum Gasteiger partial charge on any atom is -0.274 e. The fraction of sp³-hybridized carbons (Fsp3) is 0.800. The summed E-state index contributed by atoms with van der Waals surface area (Å²) in [5.74, 6) is -0.142. The number of likely N-dealkylation sites (tertiary alicyclic amines) is 1. The van der Waals surface area contributed by atoms with Crippen LogP contribution in [0.25, 0.3) is 0 Å². The summed E-state index contributed by atoms with van der Waals surface area (Å²) in [6.07, 6.45) is 7.80. The van der Waals surface area contributed by atoms with Crippen LogP contribution >= 0.6 is 0 Å². The normalized spacial score (nSPS) is 33.9. The predicted molar refractivity (Wildman–Crippen MR) is 68.7 cm³/mol. The molecule has 3 aliphatic rings. The molecule has 4 nitrogen and oxygen atoms in total. The summed E-state index contributed by atoms with van der Waals surface area (Å²) in [6.45, 7) is 0. The van der Waals surface area contributed by atoms with Gasteiger partial charge in [0.25, 0.3) is 0 Å². The van der Waals surface area contributed by atoms with Gasteiger partial charge in [-0.15, -0.1) is 0 Å². The van der Waals surface area contributed by atoms with E-state index in [2.05, 4.69) is 6.07 Å². The Balaban J connectivity index is 1.96. The van der Waals surface area contributed by atoms with Gasteiger partial charge in [0.15, 0.2) is 0 Å². The number of fused-ring (bicyclic) bond motifs is 2. The van der Waals surface area contributed by atoms with Crippen LogP contribution in [0.2, 0.25) is 0 Å². The molecule has 1 saturated heterocycles. The molecule has 2 amide bonds. The number of hydrogen-bond acceptors (Lipinski definition) is 3. The second kappa shape index (κ2) is 4.63. The molecule has 0 aromatic heterocycles. The smallest absolute Gasteiger partial charge is 0.233 e. The van der Waals surface area contributed by atoms with Crippen molar-refractivity contribution in [2.24, 2.45) is 11.8 Å². The van der Waals surface area contributed by atoms with Gasteiger partial charge in [0.1, 0.15) is 5.54 Å². The van der Waals surface area contributed by atoms with Crippen molar-refractivity contribution in [2.45, 2.75) is 63.3 Å². The van der Waals surface area contributed by atoms with Gasteiger partial charge in [0.2, 0.25) is 11.8 Å². The molecule has 3 fully saturated rings. The SMILES string of the molecule is N#CC1(N2C(=O)C3CCC(C3)C2=O)CCCCCC1. The Morgan fingerprint density at radius 2 is 1.53 bits per heavy atom. The van der Waals surface area contributed by atoms with Crippen molar-refractivity contribution in [1.29, 1.82) is 5.26 Å². The lowest BCUT2D eigenvalue weighted by Crippen LogP contribution is -2.58. The number of rotatable bonds is 1. The summed E-state index contributed by atoms with van der Waals surface area (Å²) in [7, 11) is 0. The van der Waals surface area contributed by atoms with Crippen LogP contribution in [0.4, 0.5) is 0 Å². The monoisotopic (exact) mass is 260 g/mol. The van der Waals surface area contributed by atoms with Crippen molar-refractivity contribution in [3.63, 3.8) is 0 Å². The van der Waals surface area contributed by atoms with Crippen LogP contribution < -0.4 is 0 Å². The highest BCUT2D eigenvalue weighted by atomic mass is 16.2. The zero-order chi connectivity index (χ0) is 13.5. The topological polar surface area (TPSA) is 61.2 Å². The van der Waals surface area contributed by atoms with Gasteiger partial charge in [-0.3, -0.25) is 14.5 Å². The number of piperidine rings is 1. The summed E-state index contributed by atoms with van der Waals surface area (Å²) in [6, 6.07) is 2.34. The first-order chi connectivity index (χ1) is 9.18. The maximum Gasteiger partial charge on any atom is 0.233 e. The summed E-state index contributed by atoms with van der Waals surface area (Å²) in [5, 5.41) is 9.65. The largest absolute Gasteiger partial charge is 0.274 e. The third-order valence-corrected chi connectivity index (χ3v) is 5.14. The van der Waals surface area contributed by atoms with E-state index in [9.17, 15) is 14.9 Å². The number of carbonyl (C=O) groups is 2. The minimum absolute atomic E-state index is 0.00354. The van der Waals surface area contributed by atoms with Crippen LogP contribution in [0.15, 0.2) is 0 Å². The lowest BCUT2D eigenvalue weighted by atomic mass is 9.85. The summed E-state index contributed by atoms with van der Waals surface area (Å²) in [4.78, 5) is 26.4. The molecule has 0 N–H and O–H groups in total. The first-order valence-electron chi connectivity index (χ1n) is 7.47. The molecule has 2 saturated carbocycles. The Morgan fingerprint density at radius 1 is 1.00 bits per heavy atom. The molecule has 1 aliphatic heterocycles. The Hall–Kier alpha value is -1.37. The van der Waals surface area contributed by atoms with Crippen molar-refractivity contribution in [2.75, 3.05) is 0 Å². The molecular weight excluding hydrogens is 240 g/mol. The van der Waals surface area contributed by atoms with E-state index >= 15 is 0 Å². The third kappa shape index (κ3) is 1.87. The first kappa shape index (κ1) is 12.7. The molecule has 2 atom stereocenters. The zero-order valence-electron chi connectivity index (χ0n) is 11.2. The van der Waals surface area contributed by atoms with Gasteiger partial charge in [0.05, 0.1) is 6.07 Å². The van der Waals surface area contributed by atoms with Gasteiger partial charge >= 0.3 is 0 Å². The minimum atomic E-state index is -0.841. The van der Waals surface area contributed by atoms with Crippen molar-refractivity contribution in [3.05, 3.63) is 0 Å². The number of nitrogens with zero attached hydrogens (tertiary/aromatic N) is 2. The number of amides is 2. The quantitative estimate of drug-likeness (QED) is 0.537. The molecule has 19 heavy (non-hydrogen) atoms. The van der Waals surface area contributed by atoms with E-state index in [0.717, 1.165) is 44.9 Å². The maximum absolute atomic E-state index is 12.5. The maximum atomic E-state index is 12.5. The van der Waals surface area contributed by atoms with Crippen LogP contribution in [0.5, 0.6) is 0 Å². The summed E-state index contributed by atoms with van der Waals surface area (Å²) < 4.78 is 0. The molecular formula is C15H20N2O2. The zero-order valence-corrected chi connectivity index (χ0v) is 11.2. The lowest BCUT2D eigenvalue weighted by molar-refractivity contribution is -0.159. The van der Waals surface area contributed by atoms with Gasteiger partial charge < -0.3 is 0 Å². The molecule has 0 aromatic rings. The highest BCUT2D eigenvalue weighted by molar-refractivity contribution is 6.02. The van der Waals surface area contributed by atoms with E-state index in [1.807, 2.05) is 0 Å². The average Bonchev–Trinajstić information content (AvgIpc) is 2.74. The van der Waals surface area contributed by atoms with Crippen LogP contribution in [-0.4, -0.2) is 22.3 Å². The fourth-order valence-electron chi connectivity index (χ4n) is 4.02. The van der Waals surface area contributed by atoms with E-state index in [-0.39, 0.29) is 23.7 Å². The number of imide groups is 1. The molecule has 1 heterocycles. The van der Waals surface area contributed by atoms with Crippen LogP contribution in [-0.2, 0) is 9.59 Å². The fourth-order valence-corrected chi connectivity index (χ4v) is 4.02. The average molecular weight is 260 g/mol. The second-order valence-corrected chi connectivity index (χ2v) is 6.28. The molecule has 102 valence electrons. The van der Waals surface area contributed by atoms with Crippen LogP contribution in [0.1, 0.15) is 57.8 Å². The van der Waals surface area contributed by atoms with Gasteiger partial charge in [-0.1, -0.05) is 25.7 Å². The molecule has 2 aliphatic carbocycles. The molecule has 4 heteroatoms. The molecule has 0 spiro atoms. The van der Waals surface area contributed by atoms with E-state index < -0.39 is 5.54 Å². The van der Waals surface area contributed by atoms with Gasteiger partial charge in [-0.2, -0.15) is 5.26 Å². The van der Waals surface area contributed by atoms with Crippen LogP contribution in [0, 0.1) is 23.2 Å². The van der Waals surface area contributed by atoms with Gasteiger partial charge in [-0.25, -0.2) is 0 Å². The number of carbonyl (C=O) groups excluding carboxylic acids is 2. The molecule has 0 radical (unpaired) electrons. The van der Waals surface area contributed by atoms with Crippen molar-refractivity contribution < 1.29 is 9.59 Å². The number of hydrogen-bond donors (Lipinski definition) is 0. The Bertz CT molecular complexity index is 422. The summed E-state index contributed by atoms with van der Waals surface area (Å²) in [5.41, 5.74) is -0.841. The van der Waals surface area contributed by atoms with Crippen molar-refractivity contribution >= 4 is 11.8 Å². The third-order valence-electron chi connectivity index (χ3n) is 5.14. The molecule has 0 aromatic carbocycles. The van der Waals surface area contributed by atoms with Gasteiger partial charge in [0, 0.05) is 11.8 Å². The van der Waals surface area contributed by atoms with Crippen molar-refractivity contribution in [3.8, 4) is 6.07 Å². The van der Waals surface area contributed by atoms with E-state index in [0.29, 0.717) is 12.8 Å². The Morgan fingerprint density at radius 3 is 2.00 bits per heavy atom. The highest BCUT2D eigenvalue weighted by Gasteiger charge is 2.53. The molecule has 3 rings (SSSR count). The first-order valence-corrected chi connectivity index (χ1v) is 7.47. The summed E-state index contributed by atoms with van der Waals surface area (Å²) >= 11 is 0. The van der Waals surface area contributed by atoms with Crippen molar-refractivity contribution in [1.82, 2.24) is 4.90 Å². The second-order valence-electron chi connectivity index (χ2n) is 6.28. The number of nitriles is 1. The Kier molecular flexibility index (Phi) is 3.08. The van der Waals surface area contributed by atoms with E-state index in [1.165, 1.54) is 4.90 Å². The molecule has 2 unspecified atom stereocenters. The molecule has 2 bridgehead atoms. The van der Waals surface area contributed by atoms with Gasteiger partial charge in [-0.05, 0) is 32.1 Å². The van der Waals surface area contributed by atoms with Crippen LogP contribution in [0.3, 0.4) is 0 Å². The highest BCUT2D eigenvalue weighted by Crippen LogP contribution is 2.43. The Labute approximate surface area is 113 Å². The lowest BCUT2D eigenvalue weighted by Gasteiger charge is -2.41. The van der Waals surface area contributed by atoms with E-state index in [1.54, 1.807) is 0 Å².